The van der Waals surface area contributed by atoms with Crippen LogP contribution >= 0.6 is 0 Å². The topological polar surface area (TPSA) is 134 Å². The number of nitrogens with zero attached hydrogens (tertiary/aromatic N) is 6. The number of carboxylic acids is 1. The van der Waals surface area contributed by atoms with Crippen molar-refractivity contribution in [2.75, 3.05) is 11.9 Å². The zero-order chi connectivity index (χ0) is 13.9. The van der Waals surface area contributed by atoms with Crippen LogP contribution in [0.2, 0.25) is 0 Å². The summed E-state index contributed by atoms with van der Waals surface area (Å²) >= 11 is 0. The summed E-state index contributed by atoms with van der Waals surface area (Å²) in [4.78, 5) is 25.8. The first-order valence-corrected chi connectivity index (χ1v) is 5.75. The summed E-state index contributed by atoms with van der Waals surface area (Å²) in [6.45, 7) is 0.966. The summed E-state index contributed by atoms with van der Waals surface area (Å²) in [5.41, 5.74) is 1.22. The lowest BCUT2D eigenvalue weighted by Gasteiger charge is -2.05. The van der Waals surface area contributed by atoms with Crippen LogP contribution in [0.25, 0.3) is 11.2 Å². The molecule has 0 atom stereocenters. The molecule has 3 rings (SSSR count). The van der Waals surface area contributed by atoms with Crippen molar-refractivity contribution in [1.29, 1.82) is 0 Å². The van der Waals surface area contributed by atoms with Gasteiger partial charge in [-0.3, -0.25) is 0 Å². The lowest BCUT2D eigenvalue weighted by atomic mass is 10.4. The molecule has 0 unspecified atom stereocenters. The van der Waals surface area contributed by atoms with Crippen molar-refractivity contribution >= 4 is 23.0 Å². The van der Waals surface area contributed by atoms with Gasteiger partial charge in [-0.05, 0) is 0 Å². The Morgan fingerprint density at radius 2 is 2.30 bits per heavy atom. The van der Waals surface area contributed by atoms with Gasteiger partial charge < -0.3 is 15.4 Å². The number of aromatic amines is 1. The van der Waals surface area contributed by atoms with Crippen LogP contribution in [0.5, 0.6) is 0 Å². The molecular weight excluding hydrogens is 264 g/mol. The Hall–Kier alpha value is -3.04. The molecule has 0 aliphatic carbocycles. The molecule has 0 aliphatic heterocycles. The molecule has 0 amide bonds. The van der Waals surface area contributed by atoms with E-state index in [1.54, 1.807) is 6.33 Å². The van der Waals surface area contributed by atoms with Crippen molar-refractivity contribution in [2.24, 2.45) is 0 Å². The average Bonchev–Trinajstić information content (AvgIpc) is 3.07. The predicted molar refractivity (Wildman–Crippen MR) is 67.2 cm³/mol. The summed E-state index contributed by atoms with van der Waals surface area (Å²) < 4.78 is 1.45. The van der Waals surface area contributed by atoms with E-state index in [0.29, 0.717) is 24.6 Å². The van der Waals surface area contributed by atoms with Crippen LogP contribution in [0.3, 0.4) is 0 Å². The van der Waals surface area contributed by atoms with E-state index in [2.05, 4.69) is 35.6 Å². The molecule has 10 heteroatoms. The largest absolute Gasteiger partial charge is 0.476 e. The maximum Gasteiger partial charge on any atom is 0.358 e. The van der Waals surface area contributed by atoms with Crippen molar-refractivity contribution in [3.05, 3.63) is 24.5 Å². The molecule has 0 spiro atoms. The highest BCUT2D eigenvalue weighted by atomic mass is 16.4. The Morgan fingerprint density at radius 3 is 3.10 bits per heavy atom. The van der Waals surface area contributed by atoms with Gasteiger partial charge in [0.15, 0.2) is 17.2 Å². The molecule has 3 aromatic heterocycles. The van der Waals surface area contributed by atoms with Gasteiger partial charge in [0.1, 0.15) is 11.8 Å². The van der Waals surface area contributed by atoms with Gasteiger partial charge in [-0.2, -0.15) is 0 Å². The van der Waals surface area contributed by atoms with Gasteiger partial charge in [-0.1, -0.05) is 5.21 Å². The van der Waals surface area contributed by atoms with E-state index in [4.69, 9.17) is 5.11 Å². The second kappa shape index (κ2) is 4.91. The maximum absolute atomic E-state index is 10.7. The minimum absolute atomic E-state index is 0.0806. The van der Waals surface area contributed by atoms with Crippen LogP contribution in [-0.2, 0) is 6.54 Å². The van der Waals surface area contributed by atoms with Gasteiger partial charge in [-0.25, -0.2) is 24.4 Å². The number of aromatic nitrogens is 7. The fourth-order valence-corrected chi connectivity index (χ4v) is 1.69. The van der Waals surface area contributed by atoms with E-state index >= 15 is 0 Å². The maximum atomic E-state index is 10.7. The van der Waals surface area contributed by atoms with Crippen LogP contribution in [0.1, 0.15) is 10.5 Å². The second-order valence-electron chi connectivity index (χ2n) is 3.92. The van der Waals surface area contributed by atoms with Crippen LogP contribution in [0, 0.1) is 0 Å². The lowest BCUT2D eigenvalue weighted by Crippen LogP contribution is -2.12. The molecule has 102 valence electrons. The van der Waals surface area contributed by atoms with E-state index in [9.17, 15) is 4.79 Å². The number of imidazole rings is 1. The molecule has 0 saturated carbocycles. The Labute approximate surface area is 111 Å². The molecule has 0 fully saturated rings. The number of H-pyrrole nitrogens is 1. The van der Waals surface area contributed by atoms with Crippen molar-refractivity contribution in [3.63, 3.8) is 0 Å². The molecule has 3 N–H and O–H groups in total. The van der Waals surface area contributed by atoms with Gasteiger partial charge >= 0.3 is 5.97 Å². The number of nitrogens with one attached hydrogen (secondary N) is 2. The number of anilines is 1. The zero-order valence-corrected chi connectivity index (χ0v) is 10.2. The Kier molecular flexibility index (Phi) is 2.95. The number of rotatable bonds is 5. The van der Waals surface area contributed by atoms with Crippen molar-refractivity contribution in [1.82, 2.24) is 34.9 Å². The summed E-state index contributed by atoms with van der Waals surface area (Å²) in [6, 6.07) is 0. The molecular formula is C10H10N8O2. The molecule has 0 radical (unpaired) electrons. The van der Waals surface area contributed by atoms with E-state index in [0.717, 1.165) is 5.52 Å². The number of fused-ring (bicyclic) bond motifs is 1. The highest BCUT2D eigenvalue weighted by molar-refractivity contribution is 5.84. The number of carboxylic acid groups (broad SMARTS) is 1. The van der Waals surface area contributed by atoms with Gasteiger partial charge in [0.2, 0.25) is 0 Å². The van der Waals surface area contributed by atoms with Crippen LogP contribution in [0.4, 0.5) is 5.82 Å². The molecule has 0 aliphatic rings. The number of carbonyl (C=O) groups is 1. The Balaban J connectivity index is 1.64. The SMILES string of the molecule is O=C(O)c1cn(CCNc2ncnc3nc[nH]c23)nn1. The standard InChI is InChI=1S/C10H10N8O2/c19-10(20)6-3-18(17-16-6)2-1-11-8-7-9(13-4-12-7)15-5-14-8/h3-5H,1-2H2,(H,19,20)(H2,11,12,13,14,15). The minimum atomic E-state index is -1.10. The van der Waals surface area contributed by atoms with Crippen molar-refractivity contribution in [2.45, 2.75) is 6.54 Å². The van der Waals surface area contributed by atoms with Crippen molar-refractivity contribution < 1.29 is 9.90 Å². The Morgan fingerprint density at radius 1 is 1.40 bits per heavy atom. The van der Waals surface area contributed by atoms with Crippen molar-refractivity contribution in [3.8, 4) is 0 Å². The molecule has 10 nitrogen and oxygen atoms in total. The summed E-state index contributed by atoms with van der Waals surface area (Å²) in [6.07, 6.45) is 4.33. The van der Waals surface area contributed by atoms with E-state index in [1.165, 1.54) is 17.2 Å². The monoisotopic (exact) mass is 274 g/mol. The average molecular weight is 274 g/mol. The normalized spacial score (nSPS) is 10.8. The van der Waals surface area contributed by atoms with Gasteiger partial charge in [0.05, 0.1) is 19.1 Å². The second-order valence-corrected chi connectivity index (χ2v) is 3.92. The zero-order valence-electron chi connectivity index (χ0n) is 10.2. The molecule has 3 aromatic rings. The quantitative estimate of drug-likeness (QED) is 0.580. The summed E-state index contributed by atoms with van der Waals surface area (Å²) in [5, 5.41) is 19.1. The number of hydrogen-bond donors (Lipinski definition) is 3. The van der Waals surface area contributed by atoms with Crippen LogP contribution in [0.15, 0.2) is 18.9 Å². The van der Waals surface area contributed by atoms with Gasteiger partial charge in [-0.15, -0.1) is 5.10 Å². The third kappa shape index (κ3) is 2.25. The highest BCUT2D eigenvalue weighted by Gasteiger charge is 2.08. The van der Waals surface area contributed by atoms with E-state index < -0.39 is 5.97 Å². The smallest absolute Gasteiger partial charge is 0.358 e. The first-order valence-electron chi connectivity index (χ1n) is 5.75. The minimum Gasteiger partial charge on any atom is -0.476 e. The fraction of sp³-hybridized carbons (Fsp3) is 0.200. The molecule has 0 saturated heterocycles. The third-order valence-corrected chi connectivity index (χ3v) is 2.61. The summed E-state index contributed by atoms with van der Waals surface area (Å²) in [5.74, 6) is -0.467. The first-order chi connectivity index (χ1) is 9.74. The fourth-order valence-electron chi connectivity index (χ4n) is 1.69. The number of hydrogen-bond acceptors (Lipinski definition) is 7. The number of aromatic carboxylic acids is 1. The van der Waals surface area contributed by atoms with Gasteiger partial charge in [0, 0.05) is 6.54 Å². The molecule has 0 aromatic carbocycles. The third-order valence-electron chi connectivity index (χ3n) is 2.61. The molecule has 0 bridgehead atoms. The summed E-state index contributed by atoms with van der Waals surface area (Å²) in [7, 11) is 0. The van der Waals surface area contributed by atoms with Crippen LogP contribution < -0.4 is 5.32 Å². The van der Waals surface area contributed by atoms with Crippen LogP contribution in [-0.4, -0.2) is 52.6 Å². The predicted octanol–water partition coefficient (Wildman–Crippen LogP) is -0.245. The highest BCUT2D eigenvalue weighted by Crippen LogP contribution is 2.13. The van der Waals surface area contributed by atoms with Gasteiger partial charge in [0.25, 0.3) is 0 Å². The molecule has 20 heavy (non-hydrogen) atoms. The molecule has 3 heterocycles. The van der Waals surface area contributed by atoms with E-state index in [-0.39, 0.29) is 5.69 Å². The first kappa shape index (κ1) is 12.0. The lowest BCUT2D eigenvalue weighted by molar-refractivity contribution is 0.0690. The Bertz CT molecular complexity index is 748. The van der Waals surface area contributed by atoms with E-state index in [1.807, 2.05) is 0 Å².